The van der Waals surface area contributed by atoms with Crippen molar-refractivity contribution in [2.75, 3.05) is 13.7 Å². The number of nitrogens with one attached hydrogen (secondary N) is 1. The molecule has 8 heteroatoms. The van der Waals surface area contributed by atoms with Gasteiger partial charge in [-0.2, -0.15) is 0 Å². The van der Waals surface area contributed by atoms with Crippen LogP contribution in [0.4, 0.5) is 4.79 Å². The molecule has 2 amide bonds. The molecule has 18 heavy (non-hydrogen) atoms. The maximum atomic E-state index is 11.7. The quantitative estimate of drug-likeness (QED) is 0.751. The lowest BCUT2D eigenvalue weighted by atomic mass is 10.3. The maximum Gasteiger partial charge on any atom is 0.328 e. The zero-order chi connectivity index (χ0) is 13.7. The average molecular weight is 337 g/mol. The van der Waals surface area contributed by atoms with E-state index in [9.17, 15) is 9.59 Å². The first-order valence-corrected chi connectivity index (χ1v) is 6.69. The van der Waals surface area contributed by atoms with E-state index in [2.05, 4.69) is 21.2 Å². The first-order valence-electron chi connectivity index (χ1n) is 5.02. The number of carboxylic acid groups (broad SMARTS) is 1. The highest BCUT2D eigenvalue weighted by atomic mass is 79.9. The number of hydrogen-bond donors (Lipinski definition) is 3. The number of halogens is 1. The van der Waals surface area contributed by atoms with Gasteiger partial charge in [0.2, 0.25) is 0 Å². The number of nitrogens with zero attached hydrogens (tertiary/aromatic N) is 1. The molecule has 1 atom stereocenters. The molecule has 0 radical (unpaired) electrons. The average Bonchev–Trinajstić information content (AvgIpc) is 2.70. The van der Waals surface area contributed by atoms with Crippen LogP contribution in [0.3, 0.4) is 0 Å². The summed E-state index contributed by atoms with van der Waals surface area (Å²) < 4.78 is 0.940. The predicted octanol–water partition coefficient (Wildman–Crippen LogP) is 1.10. The predicted molar refractivity (Wildman–Crippen MR) is 70.5 cm³/mol. The number of urea groups is 1. The highest BCUT2D eigenvalue weighted by Gasteiger charge is 2.20. The van der Waals surface area contributed by atoms with Crippen molar-refractivity contribution in [3.8, 4) is 0 Å². The molecule has 3 N–H and O–H groups in total. The fourth-order valence-corrected chi connectivity index (χ4v) is 2.69. The molecule has 100 valence electrons. The Hall–Kier alpha value is -1.12. The van der Waals surface area contributed by atoms with Crippen LogP contribution >= 0.6 is 27.3 Å². The van der Waals surface area contributed by atoms with Gasteiger partial charge in [-0.15, -0.1) is 11.3 Å². The Bertz CT molecular complexity index is 437. The van der Waals surface area contributed by atoms with Crippen LogP contribution in [0.25, 0.3) is 0 Å². The number of carboxylic acids is 1. The van der Waals surface area contributed by atoms with E-state index < -0.39 is 24.6 Å². The fraction of sp³-hybridized carbons (Fsp3) is 0.400. The molecule has 0 aliphatic heterocycles. The monoisotopic (exact) mass is 336 g/mol. The topological polar surface area (TPSA) is 89.9 Å². The minimum Gasteiger partial charge on any atom is -0.480 e. The molecular weight excluding hydrogens is 324 g/mol. The summed E-state index contributed by atoms with van der Waals surface area (Å²) in [4.78, 5) is 24.6. The Kier molecular flexibility index (Phi) is 5.57. The lowest BCUT2D eigenvalue weighted by Gasteiger charge is -2.19. The Morgan fingerprint density at radius 2 is 2.28 bits per heavy atom. The van der Waals surface area contributed by atoms with Crippen LogP contribution < -0.4 is 5.32 Å². The van der Waals surface area contributed by atoms with Gasteiger partial charge in [0.25, 0.3) is 0 Å². The van der Waals surface area contributed by atoms with E-state index in [1.54, 1.807) is 7.05 Å². The zero-order valence-electron chi connectivity index (χ0n) is 9.59. The van der Waals surface area contributed by atoms with E-state index >= 15 is 0 Å². The molecule has 0 saturated heterocycles. The summed E-state index contributed by atoms with van der Waals surface area (Å²) in [7, 11) is 1.55. The lowest BCUT2D eigenvalue weighted by molar-refractivity contribution is -0.140. The Balaban J connectivity index is 2.53. The van der Waals surface area contributed by atoms with E-state index in [1.807, 2.05) is 11.4 Å². The van der Waals surface area contributed by atoms with E-state index in [4.69, 9.17) is 10.2 Å². The van der Waals surface area contributed by atoms with Crippen molar-refractivity contribution in [3.63, 3.8) is 0 Å². The molecule has 0 aromatic carbocycles. The summed E-state index contributed by atoms with van der Waals surface area (Å²) in [6.07, 6.45) is 0. The van der Waals surface area contributed by atoms with Gasteiger partial charge in [0.1, 0.15) is 0 Å². The summed E-state index contributed by atoms with van der Waals surface area (Å²) in [6.45, 7) is -0.265. The molecule has 1 aromatic rings. The third kappa shape index (κ3) is 4.28. The smallest absolute Gasteiger partial charge is 0.328 e. The minimum absolute atomic E-state index is 0.375. The molecule has 0 bridgehead atoms. The van der Waals surface area contributed by atoms with Crippen LogP contribution in [0.2, 0.25) is 0 Å². The standard InChI is InChI=1S/C10H13BrN2O4S/c1-13(3-7-2-6(11)5-18-7)10(17)12-8(4-14)9(15)16/h2,5,8,14H,3-4H2,1H3,(H,12,17)(H,15,16)/t8-/m0/s1. The summed E-state index contributed by atoms with van der Waals surface area (Å²) in [5.41, 5.74) is 0. The number of rotatable bonds is 5. The van der Waals surface area contributed by atoms with E-state index in [0.717, 1.165) is 9.35 Å². The molecule has 0 saturated carbocycles. The van der Waals surface area contributed by atoms with Crippen molar-refractivity contribution in [3.05, 3.63) is 20.8 Å². The van der Waals surface area contributed by atoms with Crippen LogP contribution in [0, 0.1) is 0 Å². The second kappa shape index (κ2) is 6.72. The number of thiophene rings is 1. The van der Waals surface area contributed by atoms with E-state index in [1.165, 1.54) is 16.2 Å². The highest BCUT2D eigenvalue weighted by Crippen LogP contribution is 2.20. The van der Waals surface area contributed by atoms with Crippen LogP contribution in [0.1, 0.15) is 4.88 Å². The van der Waals surface area contributed by atoms with Crippen molar-refractivity contribution in [1.29, 1.82) is 0 Å². The van der Waals surface area contributed by atoms with Gasteiger partial charge >= 0.3 is 12.0 Å². The van der Waals surface area contributed by atoms with Crippen LogP contribution in [-0.4, -0.2) is 46.8 Å². The number of amides is 2. The Morgan fingerprint density at radius 3 is 2.72 bits per heavy atom. The van der Waals surface area contributed by atoms with Gasteiger partial charge in [0.05, 0.1) is 13.2 Å². The molecule has 0 aliphatic carbocycles. The molecule has 0 spiro atoms. The van der Waals surface area contributed by atoms with Gasteiger partial charge in [-0.1, -0.05) is 0 Å². The Labute approximate surface area is 116 Å². The largest absolute Gasteiger partial charge is 0.480 e. The van der Waals surface area contributed by atoms with Crippen molar-refractivity contribution in [2.24, 2.45) is 0 Å². The second-order valence-electron chi connectivity index (χ2n) is 3.61. The van der Waals surface area contributed by atoms with Gasteiger partial charge in [0.15, 0.2) is 6.04 Å². The van der Waals surface area contributed by atoms with E-state index in [0.29, 0.717) is 6.54 Å². The third-order valence-corrected chi connectivity index (χ3v) is 3.82. The van der Waals surface area contributed by atoms with Gasteiger partial charge in [-0.3, -0.25) is 0 Å². The first-order chi connectivity index (χ1) is 8.43. The number of carbonyl (C=O) groups is 2. The van der Waals surface area contributed by atoms with Gasteiger partial charge < -0.3 is 20.4 Å². The second-order valence-corrected chi connectivity index (χ2v) is 5.52. The third-order valence-electron chi connectivity index (χ3n) is 2.14. The number of carbonyl (C=O) groups excluding carboxylic acids is 1. The summed E-state index contributed by atoms with van der Waals surface area (Å²) in [5, 5.41) is 21.6. The SMILES string of the molecule is CN(Cc1cc(Br)cs1)C(=O)N[C@@H](CO)C(=O)O. The number of aliphatic carboxylic acids is 1. The molecule has 6 nitrogen and oxygen atoms in total. The molecule has 0 aliphatic rings. The molecular formula is C10H13BrN2O4S. The van der Waals surface area contributed by atoms with Crippen molar-refractivity contribution in [2.45, 2.75) is 12.6 Å². The van der Waals surface area contributed by atoms with Gasteiger partial charge in [-0.25, -0.2) is 9.59 Å². The van der Waals surface area contributed by atoms with Gasteiger partial charge in [-0.05, 0) is 22.0 Å². The van der Waals surface area contributed by atoms with Gasteiger partial charge in [0, 0.05) is 21.8 Å². The molecule has 0 unspecified atom stereocenters. The number of aliphatic hydroxyl groups is 1. The van der Waals surface area contributed by atoms with Crippen molar-refractivity contribution >= 4 is 39.3 Å². The number of aliphatic hydroxyl groups excluding tert-OH is 1. The fourth-order valence-electron chi connectivity index (χ4n) is 1.19. The lowest BCUT2D eigenvalue weighted by Crippen LogP contribution is -2.48. The molecule has 0 fully saturated rings. The summed E-state index contributed by atoms with van der Waals surface area (Å²) >= 11 is 4.80. The minimum atomic E-state index is -1.28. The maximum absolute atomic E-state index is 11.7. The van der Waals surface area contributed by atoms with Crippen LogP contribution in [0.5, 0.6) is 0 Å². The van der Waals surface area contributed by atoms with Crippen molar-refractivity contribution in [1.82, 2.24) is 10.2 Å². The normalized spacial score (nSPS) is 11.9. The van der Waals surface area contributed by atoms with Crippen LogP contribution in [0.15, 0.2) is 15.9 Å². The summed E-state index contributed by atoms with van der Waals surface area (Å²) in [5.74, 6) is -1.27. The molecule has 1 aromatic heterocycles. The highest BCUT2D eigenvalue weighted by molar-refractivity contribution is 9.10. The number of hydrogen-bond acceptors (Lipinski definition) is 4. The zero-order valence-corrected chi connectivity index (χ0v) is 12.0. The van der Waals surface area contributed by atoms with Crippen molar-refractivity contribution < 1.29 is 19.8 Å². The van der Waals surface area contributed by atoms with Crippen LogP contribution in [-0.2, 0) is 11.3 Å². The molecule has 1 rings (SSSR count). The summed E-state index contributed by atoms with van der Waals surface area (Å²) in [6, 6.07) is 0.0609. The Morgan fingerprint density at radius 1 is 1.61 bits per heavy atom. The molecule has 1 heterocycles. The first kappa shape index (κ1) is 14.9. The van der Waals surface area contributed by atoms with E-state index in [-0.39, 0.29) is 0 Å².